The van der Waals surface area contributed by atoms with Crippen LogP contribution in [0, 0.1) is 0 Å². The molecule has 1 aromatic heterocycles. The molecule has 0 saturated heterocycles. The van der Waals surface area contributed by atoms with Gasteiger partial charge < -0.3 is 4.42 Å². The van der Waals surface area contributed by atoms with Crippen LogP contribution in [0.1, 0.15) is 59.1 Å². The zero-order chi connectivity index (χ0) is 19.2. The minimum atomic E-state index is 0.138. The van der Waals surface area contributed by atoms with Crippen molar-refractivity contribution in [2.45, 2.75) is 59.8 Å². The first-order valence-corrected chi connectivity index (χ1v) is 9.51. The molecule has 0 N–H and O–H groups in total. The van der Waals surface area contributed by atoms with E-state index in [1.54, 1.807) is 0 Å². The Labute approximate surface area is 157 Å². The van der Waals surface area contributed by atoms with Crippen molar-refractivity contribution in [1.29, 1.82) is 0 Å². The maximum absolute atomic E-state index is 5.86. The minimum absolute atomic E-state index is 0.138. The standard InChI is InChI=1S/C21H24N2O.C2H6/c1-5-6-15-7-9-16(10-8-15)19-22-23-20(24-19)17-11-13-18(14-12-17)21(2,3)4;1-2/h7-14H,5-6H2,1-4H3;1-2H3. The molecule has 0 aliphatic rings. The Morgan fingerprint density at radius 1 is 0.769 bits per heavy atom. The van der Waals surface area contributed by atoms with Gasteiger partial charge in [0.2, 0.25) is 11.8 Å². The van der Waals surface area contributed by atoms with E-state index in [0.717, 1.165) is 24.0 Å². The first-order valence-electron chi connectivity index (χ1n) is 9.51. The SMILES string of the molecule is CC.CCCc1ccc(-c2nnc(-c3ccc(C(C)(C)C)cc3)o2)cc1. The maximum atomic E-state index is 5.86. The molecular weight excluding hydrogens is 320 g/mol. The van der Waals surface area contributed by atoms with Gasteiger partial charge in [0.15, 0.2) is 0 Å². The molecule has 3 heteroatoms. The molecule has 1 heterocycles. The van der Waals surface area contributed by atoms with Crippen LogP contribution < -0.4 is 0 Å². The van der Waals surface area contributed by atoms with Crippen molar-refractivity contribution in [3.8, 4) is 22.9 Å². The summed E-state index contributed by atoms with van der Waals surface area (Å²) in [6.45, 7) is 12.8. The third-order valence-electron chi connectivity index (χ3n) is 4.16. The summed E-state index contributed by atoms with van der Waals surface area (Å²) in [5.41, 5.74) is 4.67. The van der Waals surface area contributed by atoms with Gasteiger partial charge in [-0.15, -0.1) is 10.2 Å². The predicted octanol–water partition coefficient (Wildman–Crippen LogP) is 6.68. The van der Waals surface area contributed by atoms with Crippen LogP contribution in [0.15, 0.2) is 52.9 Å². The number of hydrogen-bond donors (Lipinski definition) is 0. The Hall–Kier alpha value is -2.42. The van der Waals surface area contributed by atoms with Gasteiger partial charge in [-0.2, -0.15) is 0 Å². The van der Waals surface area contributed by atoms with Gasteiger partial charge >= 0.3 is 0 Å². The number of nitrogens with zero attached hydrogens (tertiary/aromatic N) is 2. The average Bonchev–Trinajstić information content (AvgIpc) is 3.14. The smallest absolute Gasteiger partial charge is 0.248 e. The van der Waals surface area contributed by atoms with Crippen LogP contribution in [-0.4, -0.2) is 10.2 Å². The molecule has 0 aliphatic carbocycles. The van der Waals surface area contributed by atoms with Gasteiger partial charge in [0.1, 0.15) is 0 Å². The fourth-order valence-corrected chi connectivity index (χ4v) is 2.67. The Bertz CT molecular complexity index is 793. The zero-order valence-electron chi connectivity index (χ0n) is 16.8. The molecule has 0 radical (unpaired) electrons. The van der Waals surface area contributed by atoms with Gasteiger partial charge in [-0.1, -0.05) is 72.2 Å². The Kier molecular flexibility index (Phi) is 6.73. The van der Waals surface area contributed by atoms with Crippen LogP contribution >= 0.6 is 0 Å². The highest BCUT2D eigenvalue weighted by atomic mass is 16.4. The summed E-state index contributed by atoms with van der Waals surface area (Å²) in [7, 11) is 0. The predicted molar refractivity (Wildman–Crippen MR) is 109 cm³/mol. The second-order valence-corrected chi connectivity index (χ2v) is 7.19. The first-order chi connectivity index (χ1) is 12.5. The van der Waals surface area contributed by atoms with E-state index < -0.39 is 0 Å². The summed E-state index contributed by atoms with van der Waals surface area (Å²) in [5.74, 6) is 1.12. The van der Waals surface area contributed by atoms with Crippen LogP contribution in [0.3, 0.4) is 0 Å². The summed E-state index contributed by atoms with van der Waals surface area (Å²) in [6.07, 6.45) is 2.24. The highest BCUT2D eigenvalue weighted by Crippen LogP contribution is 2.27. The van der Waals surface area contributed by atoms with Gasteiger partial charge in [0.25, 0.3) is 0 Å². The quantitative estimate of drug-likeness (QED) is 0.527. The molecule has 0 spiro atoms. The zero-order valence-corrected chi connectivity index (χ0v) is 16.8. The van der Waals surface area contributed by atoms with E-state index in [4.69, 9.17) is 4.42 Å². The molecule has 0 bridgehead atoms. The molecule has 3 nitrogen and oxygen atoms in total. The van der Waals surface area contributed by atoms with E-state index in [2.05, 4.69) is 62.2 Å². The number of rotatable bonds is 4. The lowest BCUT2D eigenvalue weighted by atomic mass is 9.87. The first kappa shape index (κ1) is 19.9. The van der Waals surface area contributed by atoms with E-state index in [0.29, 0.717) is 11.8 Å². The minimum Gasteiger partial charge on any atom is -0.416 e. The highest BCUT2D eigenvalue weighted by molar-refractivity contribution is 5.58. The van der Waals surface area contributed by atoms with E-state index in [1.165, 1.54) is 11.1 Å². The van der Waals surface area contributed by atoms with Crippen molar-refractivity contribution in [3.63, 3.8) is 0 Å². The molecule has 26 heavy (non-hydrogen) atoms. The normalized spacial score (nSPS) is 11.0. The number of aryl methyl sites for hydroxylation is 1. The average molecular weight is 351 g/mol. The lowest BCUT2D eigenvalue weighted by Gasteiger charge is -2.18. The van der Waals surface area contributed by atoms with Crippen LogP contribution in [0.25, 0.3) is 22.9 Å². The van der Waals surface area contributed by atoms with Crippen molar-refractivity contribution in [2.24, 2.45) is 0 Å². The number of hydrogen-bond acceptors (Lipinski definition) is 3. The fourth-order valence-electron chi connectivity index (χ4n) is 2.67. The van der Waals surface area contributed by atoms with Crippen molar-refractivity contribution >= 4 is 0 Å². The van der Waals surface area contributed by atoms with Crippen LogP contribution in [0.5, 0.6) is 0 Å². The van der Waals surface area contributed by atoms with E-state index >= 15 is 0 Å². The Morgan fingerprint density at radius 3 is 1.65 bits per heavy atom. The third kappa shape index (κ3) is 4.81. The molecule has 3 aromatic rings. The van der Waals surface area contributed by atoms with Crippen LogP contribution in [0.2, 0.25) is 0 Å². The third-order valence-corrected chi connectivity index (χ3v) is 4.16. The molecular formula is C23H30N2O. The molecule has 0 aliphatic heterocycles. The van der Waals surface area contributed by atoms with Gasteiger partial charge in [-0.25, -0.2) is 0 Å². The summed E-state index contributed by atoms with van der Waals surface area (Å²) < 4.78 is 5.86. The molecule has 138 valence electrons. The molecule has 3 rings (SSSR count). The van der Waals surface area contributed by atoms with Gasteiger partial charge in [-0.3, -0.25) is 0 Å². The van der Waals surface area contributed by atoms with Gasteiger partial charge in [-0.05, 0) is 47.2 Å². The second kappa shape index (κ2) is 8.79. The largest absolute Gasteiger partial charge is 0.416 e. The van der Waals surface area contributed by atoms with Gasteiger partial charge in [0, 0.05) is 11.1 Å². The summed E-state index contributed by atoms with van der Waals surface area (Å²) >= 11 is 0. The van der Waals surface area contributed by atoms with Crippen molar-refractivity contribution < 1.29 is 4.42 Å². The van der Waals surface area contributed by atoms with E-state index in [-0.39, 0.29) is 5.41 Å². The second-order valence-electron chi connectivity index (χ2n) is 7.19. The Morgan fingerprint density at radius 2 is 1.23 bits per heavy atom. The van der Waals surface area contributed by atoms with Crippen molar-refractivity contribution in [1.82, 2.24) is 10.2 Å². The molecule has 2 aromatic carbocycles. The lowest BCUT2D eigenvalue weighted by Crippen LogP contribution is -2.10. The van der Waals surface area contributed by atoms with Crippen LogP contribution in [0.4, 0.5) is 0 Å². The van der Waals surface area contributed by atoms with E-state index in [1.807, 2.05) is 38.1 Å². The van der Waals surface area contributed by atoms with Crippen LogP contribution in [-0.2, 0) is 11.8 Å². The molecule has 0 amide bonds. The maximum Gasteiger partial charge on any atom is 0.248 e. The molecule has 0 fully saturated rings. The number of benzene rings is 2. The summed E-state index contributed by atoms with van der Waals surface area (Å²) in [6, 6.07) is 16.7. The van der Waals surface area contributed by atoms with Crippen molar-refractivity contribution in [3.05, 3.63) is 59.7 Å². The lowest BCUT2D eigenvalue weighted by molar-refractivity contribution is 0.582. The molecule has 0 saturated carbocycles. The number of aromatic nitrogens is 2. The van der Waals surface area contributed by atoms with Gasteiger partial charge in [0.05, 0.1) is 0 Å². The highest BCUT2D eigenvalue weighted by Gasteiger charge is 2.15. The Balaban J connectivity index is 0.00000117. The monoisotopic (exact) mass is 350 g/mol. The molecule has 0 unspecified atom stereocenters. The summed E-state index contributed by atoms with van der Waals surface area (Å²) in [5, 5.41) is 8.39. The topological polar surface area (TPSA) is 38.9 Å². The molecule has 0 atom stereocenters. The summed E-state index contributed by atoms with van der Waals surface area (Å²) in [4.78, 5) is 0. The van der Waals surface area contributed by atoms with Crippen molar-refractivity contribution in [2.75, 3.05) is 0 Å². The fraction of sp³-hybridized carbons (Fsp3) is 0.391. The van der Waals surface area contributed by atoms with E-state index in [9.17, 15) is 0 Å².